The lowest BCUT2D eigenvalue weighted by Gasteiger charge is -1.99. The molecule has 3 heterocycles. The Morgan fingerprint density at radius 1 is 1.16 bits per heavy atom. The summed E-state index contributed by atoms with van der Waals surface area (Å²) in [6, 6.07) is 9.84. The van der Waals surface area contributed by atoms with Crippen LogP contribution in [0.15, 0.2) is 36.7 Å². The third-order valence-corrected chi connectivity index (χ3v) is 3.26. The van der Waals surface area contributed by atoms with Crippen molar-refractivity contribution < 1.29 is 0 Å². The molecule has 0 saturated heterocycles. The molecule has 0 bridgehead atoms. The third-order valence-electron chi connectivity index (χ3n) is 2.98. The van der Waals surface area contributed by atoms with Gasteiger partial charge in [0.25, 0.3) is 0 Å². The van der Waals surface area contributed by atoms with Crippen molar-refractivity contribution in [1.82, 2.24) is 29.5 Å². The third kappa shape index (κ3) is 1.42. The minimum atomic E-state index is 0.433. The molecule has 7 heteroatoms. The van der Waals surface area contributed by atoms with Crippen LogP contribution in [0.1, 0.15) is 0 Å². The first-order valence-electron chi connectivity index (χ1n) is 5.70. The summed E-state index contributed by atoms with van der Waals surface area (Å²) >= 11 is 5.33. The second kappa shape index (κ2) is 3.72. The number of fused-ring (bicyclic) bond motifs is 3. The van der Waals surface area contributed by atoms with E-state index in [0.29, 0.717) is 10.4 Å². The van der Waals surface area contributed by atoms with Gasteiger partial charge < -0.3 is 4.98 Å². The fourth-order valence-electron chi connectivity index (χ4n) is 2.13. The van der Waals surface area contributed by atoms with Crippen molar-refractivity contribution in [3.05, 3.63) is 41.4 Å². The highest BCUT2D eigenvalue weighted by Crippen LogP contribution is 2.21. The average Bonchev–Trinajstić information content (AvgIpc) is 3.05. The van der Waals surface area contributed by atoms with Gasteiger partial charge in [-0.25, -0.2) is 9.38 Å². The fraction of sp³-hybridized carbons (Fsp3) is 0. The zero-order valence-electron chi connectivity index (χ0n) is 9.66. The second-order valence-electron chi connectivity index (χ2n) is 4.09. The lowest BCUT2D eigenvalue weighted by molar-refractivity contribution is 1.07. The number of H-pyrrole nitrogens is 2. The van der Waals surface area contributed by atoms with Gasteiger partial charge in [0.15, 0.2) is 17.1 Å². The molecule has 19 heavy (non-hydrogen) atoms. The number of hydrogen-bond acceptors (Lipinski definition) is 4. The van der Waals surface area contributed by atoms with E-state index in [2.05, 4.69) is 25.1 Å². The smallest absolute Gasteiger partial charge is 0.209 e. The molecule has 0 aliphatic rings. The first-order chi connectivity index (χ1) is 9.34. The van der Waals surface area contributed by atoms with Crippen molar-refractivity contribution >= 4 is 29.0 Å². The summed E-state index contributed by atoms with van der Waals surface area (Å²) in [6.07, 6.45) is 1.59. The van der Waals surface area contributed by atoms with E-state index in [1.807, 2.05) is 34.7 Å². The van der Waals surface area contributed by atoms with Gasteiger partial charge in [0, 0.05) is 5.56 Å². The van der Waals surface area contributed by atoms with Crippen molar-refractivity contribution in [2.75, 3.05) is 0 Å². The Morgan fingerprint density at radius 2 is 2.00 bits per heavy atom. The number of hydrogen-bond donors (Lipinski definition) is 2. The van der Waals surface area contributed by atoms with Gasteiger partial charge in [-0.1, -0.05) is 30.3 Å². The summed E-state index contributed by atoms with van der Waals surface area (Å²) in [5, 5.41) is 7.33. The van der Waals surface area contributed by atoms with Crippen LogP contribution in [0, 0.1) is 4.77 Å². The molecule has 0 fully saturated rings. The Hall–Kier alpha value is -2.54. The molecule has 0 radical (unpaired) electrons. The number of rotatable bonds is 1. The standard InChI is InChI=1S/C12H8N6S/c19-12-15-9-8(13-6-14-9)11-17-16-10(18(11)12)7-4-2-1-3-5-7/h1-6,17H,(H,13,14,15,19). The predicted octanol–water partition coefficient (Wildman–Crippen LogP) is 2.33. The van der Waals surface area contributed by atoms with Gasteiger partial charge in [0.05, 0.1) is 6.33 Å². The maximum atomic E-state index is 5.33. The minimum Gasteiger partial charge on any atom is -0.340 e. The van der Waals surface area contributed by atoms with E-state index in [4.69, 9.17) is 12.2 Å². The molecule has 92 valence electrons. The van der Waals surface area contributed by atoms with E-state index in [-0.39, 0.29) is 0 Å². The number of imidazole rings is 1. The summed E-state index contributed by atoms with van der Waals surface area (Å²) in [6.45, 7) is 0. The Labute approximate surface area is 112 Å². The van der Waals surface area contributed by atoms with Crippen LogP contribution in [0.5, 0.6) is 0 Å². The fourth-order valence-corrected chi connectivity index (χ4v) is 2.40. The van der Waals surface area contributed by atoms with Crippen molar-refractivity contribution in [1.29, 1.82) is 0 Å². The van der Waals surface area contributed by atoms with Crippen LogP contribution in [0.25, 0.3) is 28.2 Å². The molecule has 0 amide bonds. The molecule has 0 aliphatic carbocycles. The van der Waals surface area contributed by atoms with Gasteiger partial charge in [-0.15, -0.1) is 0 Å². The highest BCUT2D eigenvalue weighted by Gasteiger charge is 2.12. The highest BCUT2D eigenvalue weighted by atomic mass is 32.1. The maximum Gasteiger partial charge on any atom is 0.209 e. The first kappa shape index (κ1) is 10.4. The summed E-state index contributed by atoms with van der Waals surface area (Å²) < 4.78 is 2.24. The molecule has 1 aromatic carbocycles. The molecule has 0 atom stereocenters. The SMILES string of the molecule is S=c1nc2nc[nH]c2c2[nH]nc(-c3ccccc3)n12. The van der Waals surface area contributed by atoms with Gasteiger partial charge in [0.2, 0.25) is 4.77 Å². The normalized spacial score (nSPS) is 11.4. The van der Waals surface area contributed by atoms with E-state index in [0.717, 1.165) is 22.6 Å². The molecule has 2 N–H and O–H groups in total. The number of benzene rings is 1. The number of aromatic amines is 2. The molecular formula is C12H8N6S. The maximum absolute atomic E-state index is 5.33. The van der Waals surface area contributed by atoms with Crippen molar-refractivity contribution in [3.8, 4) is 11.4 Å². The Bertz CT molecular complexity index is 933. The van der Waals surface area contributed by atoms with Crippen LogP contribution in [0.4, 0.5) is 0 Å². The number of nitrogens with one attached hydrogen (secondary N) is 2. The quantitative estimate of drug-likeness (QED) is 0.520. The molecule has 3 aromatic heterocycles. The molecular weight excluding hydrogens is 260 g/mol. The summed E-state index contributed by atoms with van der Waals surface area (Å²) in [5.74, 6) is 0.740. The topological polar surface area (TPSA) is 74.7 Å². The van der Waals surface area contributed by atoms with E-state index in [1.54, 1.807) is 6.33 Å². The van der Waals surface area contributed by atoms with E-state index in [9.17, 15) is 0 Å². The molecule has 6 nitrogen and oxygen atoms in total. The summed E-state index contributed by atoms with van der Waals surface area (Å²) in [7, 11) is 0. The van der Waals surface area contributed by atoms with E-state index < -0.39 is 0 Å². The molecule has 0 unspecified atom stereocenters. The van der Waals surface area contributed by atoms with Gasteiger partial charge in [0.1, 0.15) is 5.52 Å². The van der Waals surface area contributed by atoms with Gasteiger partial charge in [-0.3, -0.25) is 5.10 Å². The molecule has 0 spiro atoms. The van der Waals surface area contributed by atoms with Crippen LogP contribution in [-0.4, -0.2) is 29.5 Å². The molecule has 0 aliphatic heterocycles. The summed E-state index contributed by atoms with van der Waals surface area (Å²) in [4.78, 5) is 11.5. The van der Waals surface area contributed by atoms with Crippen molar-refractivity contribution in [2.24, 2.45) is 0 Å². The highest BCUT2D eigenvalue weighted by molar-refractivity contribution is 7.71. The number of aromatic nitrogens is 6. The number of nitrogens with zero attached hydrogens (tertiary/aromatic N) is 4. The molecule has 4 rings (SSSR count). The molecule has 4 aromatic rings. The summed E-state index contributed by atoms with van der Waals surface area (Å²) in [5.41, 5.74) is 3.13. The average molecular weight is 268 g/mol. The van der Waals surface area contributed by atoms with Gasteiger partial charge in [-0.2, -0.15) is 10.1 Å². The Balaban J connectivity index is 2.17. The van der Waals surface area contributed by atoms with Crippen molar-refractivity contribution in [3.63, 3.8) is 0 Å². The Morgan fingerprint density at radius 3 is 2.84 bits per heavy atom. The van der Waals surface area contributed by atoms with E-state index >= 15 is 0 Å². The monoisotopic (exact) mass is 268 g/mol. The second-order valence-corrected chi connectivity index (χ2v) is 4.46. The largest absolute Gasteiger partial charge is 0.340 e. The van der Waals surface area contributed by atoms with Crippen LogP contribution in [0.2, 0.25) is 0 Å². The van der Waals surface area contributed by atoms with Crippen molar-refractivity contribution in [2.45, 2.75) is 0 Å². The minimum absolute atomic E-state index is 0.433. The molecule has 0 saturated carbocycles. The first-order valence-corrected chi connectivity index (χ1v) is 6.11. The Kier molecular flexibility index (Phi) is 2.04. The van der Waals surface area contributed by atoms with E-state index in [1.165, 1.54) is 0 Å². The van der Waals surface area contributed by atoms with Crippen LogP contribution in [0.3, 0.4) is 0 Å². The zero-order valence-corrected chi connectivity index (χ0v) is 10.5. The predicted molar refractivity (Wildman–Crippen MR) is 73.3 cm³/mol. The van der Waals surface area contributed by atoms with Gasteiger partial charge in [-0.05, 0) is 12.2 Å². The van der Waals surface area contributed by atoms with Crippen LogP contribution in [-0.2, 0) is 0 Å². The van der Waals surface area contributed by atoms with Crippen LogP contribution >= 0.6 is 12.2 Å². The zero-order chi connectivity index (χ0) is 12.8. The van der Waals surface area contributed by atoms with Crippen LogP contribution < -0.4 is 0 Å². The lowest BCUT2D eigenvalue weighted by atomic mass is 10.2. The lowest BCUT2D eigenvalue weighted by Crippen LogP contribution is -1.95. The van der Waals surface area contributed by atoms with Gasteiger partial charge >= 0.3 is 0 Å².